The molecule has 2 bridgehead atoms. The first kappa shape index (κ1) is 25.9. The molecule has 0 saturated carbocycles. The third-order valence-corrected chi connectivity index (χ3v) is 9.64. The Kier molecular flexibility index (Phi) is 6.54. The zero-order valence-corrected chi connectivity index (χ0v) is 23.9. The van der Waals surface area contributed by atoms with E-state index < -0.39 is 0 Å². The number of para-hydroxylation sites is 1. The van der Waals surface area contributed by atoms with Gasteiger partial charge in [0.1, 0.15) is 18.2 Å². The topological polar surface area (TPSA) is 69.7 Å². The number of benzene rings is 1. The normalized spacial score (nSPS) is 23.6. The molecule has 6 heterocycles. The summed E-state index contributed by atoms with van der Waals surface area (Å²) in [5.74, 6) is 0.651. The minimum atomic E-state index is -0.257. The monoisotopic (exact) mass is 545 g/mol. The Balaban J connectivity index is 1.35. The van der Waals surface area contributed by atoms with E-state index in [0.29, 0.717) is 36.8 Å². The predicted octanol–water partition coefficient (Wildman–Crippen LogP) is 4.41. The van der Waals surface area contributed by atoms with Crippen LogP contribution in [0.1, 0.15) is 51.0 Å². The molecular weight excluding hydrogens is 505 g/mol. The van der Waals surface area contributed by atoms with Gasteiger partial charge in [-0.05, 0) is 64.1 Å². The van der Waals surface area contributed by atoms with Crippen molar-refractivity contribution in [2.45, 2.75) is 69.5 Å². The number of halogens is 1. The number of ether oxygens (including phenoxy) is 1. The molecule has 9 heteroatoms. The van der Waals surface area contributed by atoms with Crippen LogP contribution in [0.5, 0.6) is 6.01 Å². The summed E-state index contributed by atoms with van der Waals surface area (Å²) in [5.41, 5.74) is 4.06. The lowest BCUT2D eigenvalue weighted by Crippen LogP contribution is -2.51. The molecule has 4 fully saturated rings. The van der Waals surface area contributed by atoms with Gasteiger partial charge in [-0.15, -0.1) is 0 Å². The van der Waals surface area contributed by atoms with Crippen LogP contribution < -0.4 is 19.9 Å². The largest absolute Gasteiger partial charge is 0.461 e. The molecule has 8 nitrogen and oxygen atoms in total. The van der Waals surface area contributed by atoms with E-state index in [-0.39, 0.29) is 11.4 Å². The molecule has 0 aliphatic carbocycles. The number of nitrogens with zero attached hydrogens (tertiary/aromatic N) is 6. The average Bonchev–Trinajstić information content (AvgIpc) is 3.63. The number of aromatic nitrogens is 3. The van der Waals surface area contributed by atoms with Crippen LogP contribution in [0.4, 0.5) is 15.9 Å². The first-order chi connectivity index (χ1) is 19.5. The Morgan fingerprint density at radius 3 is 2.55 bits per heavy atom. The highest BCUT2D eigenvalue weighted by molar-refractivity contribution is 5.95. The van der Waals surface area contributed by atoms with E-state index in [2.05, 4.69) is 22.0 Å². The molecule has 2 unspecified atom stereocenters. The van der Waals surface area contributed by atoms with Crippen LogP contribution in [0.2, 0.25) is 0 Å². The van der Waals surface area contributed by atoms with Crippen molar-refractivity contribution in [1.82, 2.24) is 25.2 Å². The number of anilines is 2. The van der Waals surface area contributed by atoms with Crippen LogP contribution >= 0.6 is 0 Å². The first-order valence-electron chi connectivity index (χ1n) is 15.0. The number of hydrogen-bond acceptors (Lipinski definition) is 8. The van der Waals surface area contributed by atoms with Gasteiger partial charge in [-0.25, -0.2) is 4.39 Å². The minimum absolute atomic E-state index is 0.117. The maximum atomic E-state index is 15.0. The van der Waals surface area contributed by atoms with Crippen LogP contribution in [0.3, 0.4) is 0 Å². The highest BCUT2D eigenvalue weighted by atomic mass is 19.1. The SMILES string of the molecule is CCc1c(-c2cccc(F)c2N(C)C)ncc2c(N3CC4CCC(C3)N4)nc(OCC34CCCN3CCC4)nc12. The Morgan fingerprint density at radius 1 is 1.10 bits per heavy atom. The van der Waals surface area contributed by atoms with Crippen LogP contribution in [0, 0.1) is 5.82 Å². The lowest BCUT2D eigenvalue weighted by atomic mass is 9.95. The molecule has 4 aliphatic rings. The third kappa shape index (κ3) is 4.29. The lowest BCUT2D eigenvalue weighted by Gasteiger charge is -2.35. The van der Waals surface area contributed by atoms with Gasteiger partial charge in [-0.3, -0.25) is 9.88 Å². The maximum Gasteiger partial charge on any atom is 0.319 e. The number of hydrogen-bond donors (Lipinski definition) is 1. The van der Waals surface area contributed by atoms with Crippen LogP contribution in [0.25, 0.3) is 22.2 Å². The van der Waals surface area contributed by atoms with Gasteiger partial charge in [-0.2, -0.15) is 9.97 Å². The molecular formula is C31H40FN7O. The predicted molar refractivity (Wildman–Crippen MR) is 157 cm³/mol. The van der Waals surface area contributed by atoms with Gasteiger partial charge in [-0.1, -0.05) is 19.1 Å². The second kappa shape index (κ2) is 10.1. The van der Waals surface area contributed by atoms with Crippen molar-refractivity contribution in [3.8, 4) is 17.3 Å². The molecule has 1 N–H and O–H groups in total. The zero-order valence-electron chi connectivity index (χ0n) is 23.9. The molecule has 4 aliphatic heterocycles. The van der Waals surface area contributed by atoms with Gasteiger partial charge in [0.15, 0.2) is 0 Å². The quantitative estimate of drug-likeness (QED) is 0.469. The fourth-order valence-electron chi connectivity index (χ4n) is 7.77. The van der Waals surface area contributed by atoms with Gasteiger partial charge >= 0.3 is 6.01 Å². The summed E-state index contributed by atoms with van der Waals surface area (Å²) in [6, 6.07) is 6.61. The third-order valence-electron chi connectivity index (χ3n) is 9.64. The Labute approximate surface area is 235 Å². The fraction of sp³-hybridized carbons (Fsp3) is 0.581. The number of fused-ring (bicyclic) bond motifs is 4. The summed E-state index contributed by atoms with van der Waals surface area (Å²) in [7, 11) is 3.74. The van der Waals surface area contributed by atoms with E-state index in [4.69, 9.17) is 19.7 Å². The van der Waals surface area contributed by atoms with Crippen molar-refractivity contribution in [2.24, 2.45) is 0 Å². The van der Waals surface area contributed by atoms with Crippen molar-refractivity contribution in [3.05, 3.63) is 35.8 Å². The zero-order chi connectivity index (χ0) is 27.4. The Morgan fingerprint density at radius 2 is 1.85 bits per heavy atom. The van der Waals surface area contributed by atoms with Crippen molar-refractivity contribution < 1.29 is 9.13 Å². The second-order valence-electron chi connectivity index (χ2n) is 12.3. The van der Waals surface area contributed by atoms with Gasteiger partial charge in [0.05, 0.1) is 27.8 Å². The van der Waals surface area contributed by atoms with Crippen molar-refractivity contribution in [3.63, 3.8) is 0 Å². The summed E-state index contributed by atoms with van der Waals surface area (Å²) in [6.07, 6.45) is 9.81. The molecule has 7 rings (SSSR count). The molecule has 0 radical (unpaired) electrons. The standard InChI is InChI=1S/C31H40FN7O/c1-4-22-26(23-8-5-9-25(32)28(23)37(2)3)33-16-24-27(22)35-30(40-19-31-12-6-14-39(31)15-7-13-31)36-29(24)38-17-20-10-11-21(18-38)34-20/h5,8-9,16,20-21,34H,4,6-7,10-15,17-19H2,1-3H3. The van der Waals surface area contributed by atoms with Crippen molar-refractivity contribution in [1.29, 1.82) is 0 Å². The molecule has 0 spiro atoms. The van der Waals surface area contributed by atoms with Crippen LogP contribution in [0.15, 0.2) is 24.4 Å². The van der Waals surface area contributed by atoms with E-state index in [1.807, 2.05) is 31.3 Å². The number of nitrogens with one attached hydrogen (secondary N) is 1. The Bertz CT molecular complexity index is 1410. The van der Waals surface area contributed by atoms with Crippen LogP contribution in [-0.4, -0.2) is 84.4 Å². The van der Waals surface area contributed by atoms with Gasteiger partial charge in [0, 0.05) is 56.6 Å². The Hall–Kier alpha value is -3.04. The van der Waals surface area contributed by atoms with E-state index >= 15 is 4.39 Å². The van der Waals surface area contributed by atoms with Crippen LogP contribution in [-0.2, 0) is 6.42 Å². The second-order valence-corrected chi connectivity index (χ2v) is 12.3. The molecule has 3 aromatic rings. The number of aryl methyl sites for hydroxylation is 1. The molecule has 0 amide bonds. The molecule has 1 aromatic carbocycles. The summed E-state index contributed by atoms with van der Waals surface area (Å²) in [6.45, 7) is 6.89. The summed E-state index contributed by atoms with van der Waals surface area (Å²) < 4.78 is 21.5. The summed E-state index contributed by atoms with van der Waals surface area (Å²) >= 11 is 0. The highest BCUT2D eigenvalue weighted by Gasteiger charge is 2.45. The highest BCUT2D eigenvalue weighted by Crippen LogP contribution is 2.41. The fourth-order valence-corrected chi connectivity index (χ4v) is 7.77. The van der Waals surface area contributed by atoms with E-state index in [0.717, 1.165) is 59.7 Å². The number of pyridine rings is 1. The van der Waals surface area contributed by atoms with E-state index in [1.54, 1.807) is 6.07 Å². The molecule has 212 valence electrons. The molecule has 2 atom stereocenters. The molecule has 4 saturated heterocycles. The molecule has 40 heavy (non-hydrogen) atoms. The smallest absolute Gasteiger partial charge is 0.319 e. The van der Waals surface area contributed by atoms with Gasteiger partial charge < -0.3 is 19.9 Å². The first-order valence-corrected chi connectivity index (χ1v) is 15.0. The number of rotatable bonds is 7. The average molecular weight is 546 g/mol. The van der Waals surface area contributed by atoms with Gasteiger partial charge in [0.25, 0.3) is 0 Å². The van der Waals surface area contributed by atoms with E-state index in [1.165, 1.54) is 44.6 Å². The summed E-state index contributed by atoms with van der Waals surface area (Å²) in [4.78, 5) is 21.9. The van der Waals surface area contributed by atoms with E-state index in [9.17, 15) is 0 Å². The maximum absolute atomic E-state index is 15.0. The van der Waals surface area contributed by atoms with Gasteiger partial charge in [0.2, 0.25) is 0 Å². The summed E-state index contributed by atoms with van der Waals surface area (Å²) in [5, 5.41) is 4.68. The lowest BCUT2D eigenvalue weighted by molar-refractivity contribution is 0.108. The van der Waals surface area contributed by atoms with Crippen molar-refractivity contribution >= 4 is 22.4 Å². The number of piperazine rings is 1. The van der Waals surface area contributed by atoms with Crippen molar-refractivity contribution in [2.75, 3.05) is 56.7 Å². The minimum Gasteiger partial charge on any atom is -0.461 e. The molecule has 2 aromatic heterocycles.